The Labute approximate surface area is 173 Å². The predicted molar refractivity (Wildman–Crippen MR) is 126 cm³/mol. The van der Waals surface area contributed by atoms with Crippen molar-refractivity contribution in [3.8, 4) is 0 Å². The summed E-state index contributed by atoms with van der Waals surface area (Å²) in [4.78, 5) is 0. The first kappa shape index (κ1) is 20.4. The number of halogens is 1. The van der Waals surface area contributed by atoms with Gasteiger partial charge in [0.1, 0.15) is 0 Å². The van der Waals surface area contributed by atoms with Crippen LogP contribution in [0.25, 0.3) is 0 Å². The maximum atomic E-state index is 7.88. The molecule has 1 nitrogen and oxygen atoms in total. The number of rotatable bonds is 8. The van der Waals surface area contributed by atoms with E-state index in [0.29, 0.717) is 6.61 Å². The summed E-state index contributed by atoms with van der Waals surface area (Å²) in [5.41, 5.74) is 0. The van der Waals surface area contributed by atoms with E-state index in [1.165, 1.54) is 0 Å². The van der Waals surface area contributed by atoms with Crippen molar-refractivity contribution in [3.63, 3.8) is 0 Å². The first-order chi connectivity index (χ1) is 13.7. The number of benzene rings is 3. The Balaban J connectivity index is 2.25. The third-order valence-corrected chi connectivity index (χ3v) is 11.5. The molecule has 0 bridgehead atoms. The number of ether oxygens (including phenoxy) is 1. The summed E-state index contributed by atoms with van der Waals surface area (Å²) >= 11 is 7.88. The van der Waals surface area contributed by atoms with Gasteiger partial charge in [-0.05, 0) is 0 Å². The van der Waals surface area contributed by atoms with E-state index in [1.54, 1.807) is 6.26 Å². The summed E-state index contributed by atoms with van der Waals surface area (Å²) in [6.07, 6.45) is 6.67. The molecule has 3 rings (SSSR count). The second-order valence-electron chi connectivity index (χ2n) is 6.62. The SMILES string of the molecule is CCCOC=CC=CP(Cl)(c1ccccc1)(c1ccccc1)c1ccccc1. The first-order valence-corrected chi connectivity index (χ1v) is 12.8. The number of hydrogen-bond acceptors (Lipinski definition) is 1. The van der Waals surface area contributed by atoms with Crippen LogP contribution in [0.2, 0.25) is 0 Å². The monoisotopic (exact) mass is 408 g/mol. The van der Waals surface area contributed by atoms with Crippen molar-refractivity contribution in [3.05, 3.63) is 115 Å². The minimum atomic E-state index is -3.32. The van der Waals surface area contributed by atoms with E-state index in [1.807, 2.05) is 30.4 Å². The fraction of sp³-hybridized carbons (Fsp3) is 0.120. The van der Waals surface area contributed by atoms with E-state index >= 15 is 0 Å². The Hall–Kier alpha value is -2.34. The van der Waals surface area contributed by atoms with Crippen molar-refractivity contribution in [2.24, 2.45) is 0 Å². The zero-order chi connectivity index (χ0) is 19.7. The van der Waals surface area contributed by atoms with E-state index in [9.17, 15) is 0 Å². The van der Waals surface area contributed by atoms with Gasteiger partial charge in [0.25, 0.3) is 0 Å². The summed E-state index contributed by atoms with van der Waals surface area (Å²) in [5, 5.41) is 3.35. The molecule has 0 radical (unpaired) electrons. The van der Waals surface area contributed by atoms with Crippen LogP contribution in [0.4, 0.5) is 0 Å². The van der Waals surface area contributed by atoms with Crippen LogP contribution in [0.15, 0.2) is 115 Å². The van der Waals surface area contributed by atoms with Gasteiger partial charge in [0.05, 0.1) is 0 Å². The van der Waals surface area contributed by atoms with E-state index in [4.69, 9.17) is 16.0 Å². The quantitative estimate of drug-likeness (QED) is 0.189. The third-order valence-electron chi connectivity index (χ3n) is 4.76. The van der Waals surface area contributed by atoms with Crippen LogP contribution < -0.4 is 15.9 Å². The molecule has 3 heteroatoms. The summed E-state index contributed by atoms with van der Waals surface area (Å²) in [5.74, 6) is -1.14. The Morgan fingerprint density at radius 3 is 1.54 bits per heavy atom. The molecule has 0 fully saturated rings. The van der Waals surface area contributed by atoms with E-state index in [2.05, 4.69) is 85.5 Å². The van der Waals surface area contributed by atoms with Gasteiger partial charge in [0.2, 0.25) is 0 Å². The second kappa shape index (κ2) is 9.24. The van der Waals surface area contributed by atoms with E-state index in [-0.39, 0.29) is 0 Å². The van der Waals surface area contributed by atoms with Crippen LogP contribution in [0.3, 0.4) is 0 Å². The first-order valence-electron chi connectivity index (χ1n) is 9.56. The van der Waals surface area contributed by atoms with Crippen LogP contribution in [0, 0.1) is 0 Å². The van der Waals surface area contributed by atoms with Gasteiger partial charge >= 0.3 is 173 Å². The molecule has 0 atom stereocenters. The van der Waals surface area contributed by atoms with Gasteiger partial charge in [-0.25, -0.2) is 0 Å². The molecule has 0 heterocycles. The molecule has 0 N–H and O–H groups in total. The average molecular weight is 409 g/mol. The molecule has 28 heavy (non-hydrogen) atoms. The zero-order valence-electron chi connectivity index (χ0n) is 16.1. The molecule has 0 aliphatic carbocycles. The summed E-state index contributed by atoms with van der Waals surface area (Å²) in [7, 11) is 0. The van der Waals surface area contributed by atoms with Crippen molar-refractivity contribution in [2.45, 2.75) is 13.3 Å². The van der Waals surface area contributed by atoms with Crippen LogP contribution in [-0.4, -0.2) is 6.61 Å². The Bertz CT molecular complexity index is 821. The van der Waals surface area contributed by atoms with Crippen molar-refractivity contribution in [1.82, 2.24) is 0 Å². The molecule has 0 spiro atoms. The summed E-state index contributed by atoms with van der Waals surface area (Å²) in [6, 6.07) is 31.2. The molecule has 0 aromatic heterocycles. The van der Waals surface area contributed by atoms with Crippen molar-refractivity contribution in [1.29, 1.82) is 0 Å². The Morgan fingerprint density at radius 2 is 1.14 bits per heavy atom. The van der Waals surface area contributed by atoms with E-state index < -0.39 is 5.96 Å². The maximum absolute atomic E-state index is 7.88. The second-order valence-corrected chi connectivity index (χ2v) is 12.7. The molecule has 0 unspecified atom stereocenters. The van der Waals surface area contributed by atoms with E-state index in [0.717, 1.165) is 22.3 Å². The molecule has 0 saturated carbocycles. The molecule has 0 saturated heterocycles. The number of hydrogen-bond donors (Lipinski definition) is 0. The minimum absolute atomic E-state index is 0.713. The average Bonchev–Trinajstić information content (AvgIpc) is 2.78. The van der Waals surface area contributed by atoms with Crippen LogP contribution in [0.5, 0.6) is 0 Å². The van der Waals surface area contributed by atoms with Gasteiger partial charge in [-0.3, -0.25) is 0 Å². The van der Waals surface area contributed by atoms with Gasteiger partial charge in [-0.2, -0.15) is 0 Å². The summed E-state index contributed by atoms with van der Waals surface area (Å²) in [6.45, 7) is 2.81. The zero-order valence-corrected chi connectivity index (χ0v) is 17.8. The molecule has 0 aliphatic heterocycles. The Kier molecular flexibility index (Phi) is 6.73. The molecule has 3 aromatic rings. The standard InChI is InChI=1S/C25H26ClOP/c1-2-20-27-21-12-13-22-28(26,23-14-6-3-7-15-23,24-16-8-4-9-17-24)25-18-10-5-11-19-25/h3-19,21-22H,2,20H2,1H3. The van der Waals surface area contributed by atoms with Crippen LogP contribution in [0.1, 0.15) is 13.3 Å². The fourth-order valence-electron chi connectivity index (χ4n) is 3.36. The third kappa shape index (κ3) is 3.92. The van der Waals surface area contributed by atoms with Crippen LogP contribution in [-0.2, 0) is 4.74 Å². The van der Waals surface area contributed by atoms with Crippen molar-refractivity contribution >= 4 is 33.1 Å². The molecular weight excluding hydrogens is 383 g/mol. The summed E-state index contributed by atoms with van der Waals surface area (Å²) < 4.78 is 5.49. The van der Waals surface area contributed by atoms with Gasteiger partial charge in [-0.15, -0.1) is 0 Å². The Morgan fingerprint density at radius 1 is 0.714 bits per heavy atom. The van der Waals surface area contributed by atoms with Gasteiger partial charge in [0, 0.05) is 0 Å². The topological polar surface area (TPSA) is 9.23 Å². The molecule has 144 valence electrons. The van der Waals surface area contributed by atoms with Gasteiger partial charge < -0.3 is 0 Å². The molecular formula is C25H26ClOP. The van der Waals surface area contributed by atoms with Crippen molar-refractivity contribution < 1.29 is 4.74 Å². The molecule has 3 aromatic carbocycles. The van der Waals surface area contributed by atoms with Crippen LogP contribution >= 0.6 is 17.2 Å². The normalized spacial score (nSPS) is 13.4. The van der Waals surface area contributed by atoms with Crippen molar-refractivity contribution in [2.75, 3.05) is 6.61 Å². The van der Waals surface area contributed by atoms with Gasteiger partial charge in [0.15, 0.2) is 0 Å². The fourth-order valence-corrected chi connectivity index (χ4v) is 8.67. The van der Waals surface area contributed by atoms with Gasteiger partial charge in [-0.1, -0.05) is 0 Å². The predicted octanol–water partition coefficient (Wildman–Crippen LogP) is 6.12. The molecule has 0 amide bonds. The number of allylic oxidation sites excluding steroid dienone is 2. The molecule has 0 aliphatic rings.